The lowest BCUT2D eigenvalue weighted by Gasteiger charge is -2.15. The summed E-state index contributed by atoms with van der Waals surface area (Å²) in [6.07, 6.45) is 5.80. The summed E-state index contributed by atoms with van der Waals surface area (Å²) >= 11 is 0. The SMILES string of the molecule is CCCC(CCO)CNS(=O)(=O)c1ccn(C)c1. The molecule has 1 heterocycles. The van der Waals surface area contributed by atoms with Crippen molar-refractivity contribution >= 4 is 10.0 Å². The minimum atomic E-state index is -3.42. The number of sulfonamides is 1. The van der Waals surface area contributed by atoms with Crippen molar-refractivity contribution in [2.45, 2.75) is 31.1 Å². The number of nitrogens with one attached hydrogen (secondary N) is 1. The topological polar surface area (TPSA) is 71.3 Å². The van der Waals surface area contributed by atoms with Gasteiger partial charge in [-0.25, -0.2) is 13.1 Å². The van der Waals surface area contributed by atoms with Gasteiger partial charge in [-0.1, -0.05) is 13.3 Å². The van der Waals surface area contributed by atoms with Gasteiger partial charge in [0.2, 0.25) is 10.0 Å². The Morgan fingerprint density at radius 3 is 2.67 bits per heavy atom. The molecule has 1 rings (SSSR count). The zero-order valence-electron chi connectivity index (χ0n) is 11.0. The molecule has 18 heavy (non-hydrogen) atoms. The zero-order chi connectivity index (χ0) is 13.6. The van der Waals surface area contributed by atoms with Crippen molar-refractivity contribution in [3.8, 4) is 0 Å². The molecular formula is C12H22N2O3S. The number of aryl methyl sites for hydroxylation is 1. The van der Waals surface area contributed by atoms with E-state index in [1.807, 2.05) is 0 Å². The smallest absolute Gasteiger partial charge is 0.242 e. The fourth-order valence-electron chi connectivity index (χ4n) is 1.89. The molecule has 0 fully saturated rings. The lowest BCUT2D eigenvalue weighted by Crippen LogP contribution is -2.29. The van der Waals surface area contributed by atoms with Gasteiger partial charge in [0.1, 0.15) is 0 Å². The summed E-state index contributed by atoms with van der Waals surface area (Å²) in [5.41, 5.74) is 0. The van der Waals surface area contributed by atoms with Crippen molar-refractivity contribution in [3.05, 3.63) is 18.5 Å². The van der Waals surface area contributed by atoms with Crippen molar-refractivity contribution in [1.29, 1.82) is 0 Å². The Balaban J connectivity index is 2.60. The third-order valence-corrected chi connectivity index (χ3v) is 4.32. The Kier molecular flexibility index (Phi) is 5.84. The minimum absolute atomic E-state index is 0.0950. The van der Waals surface area contributed by atoms with E-state index in [1.54, 1.807) is 30.1 Å². The molecule has 1 aromatic heterocycles. The molecule has 1 aromatic rings. The second-order valence-electron chi connectivity index (χ2n) is 4.53. The van der Waals surface area contributed by atoms with Gasteiger partial charge in [-0.15, -0.1) is 0 Å². The number of aliphatic hydroxyl groups is 1. The number of nitrogens with zero attached hydrogens (tertiary/aromatic N) is 1. The van der Waals surface area contributed by atoms with E-state index < -0.39 is 10.0 Å². The minimum Gasteiger partial charge on any atom is -0.396 e. The van der Waals surface area contributed by atoms with Gasteiger partial charge in [0, 0.05) is 32.6 Å². The van der Waals surface area contributed by atoms with Gasteiger partial charge in [0.05, 0.1) is 4.90 Å². The monoisotopic (exact) mass is 274 g/mol. The van der Waals surface area contributed by atoms with Gasteiger partial charge < -0.3 is 9.67 Å². The normalized spacial score (nSPS) is 13.7. The van der Waals surface area contributed by atoms with Crippen molar-refractivity contribution in [1.82, 2.24) is 9.29 Å². The van der Waals surface area contributed by atoms with Gasteiger partial charge in [-0.2, -0.15) is 0 Å². The molecule has 0 saturated carbocycles. The Labute approximate surface area is 109 Å². The summed E-state index contributed by atoms with van der Waals surface area (Å²) in [7, 11) is -1.64. The van der Waals surface area contributed by atoms with E-state index in [9.17, 15) is 8.42 Å². The van der Waals surface area contributed by atoms with E-state index in [0.29, 0.717) is 13.0 Å². The molecule has 0 aliphatic rings. The van der Waals surface area contributed by atoms with Crippen LogP contribution in [0.4, 0.5) is 0 Å². The summed E-state index contributed by atoms with van der Waals surface area (Å²) in [6, 6.07) is 1.57. The molecule has 0 aromatic carbocycles. The van der Waals surface area contributed by atoms with Crippen molar-refractivity contribution in [3.63, 3.8) is 0 Å². The van der Waals surface area contributed by atoms with Crippen molar-refractivity contribution in [2.75, 3.05) is 13.2 Å². The van der Waals surface area contributed by atoms with Crippen LogP contribution in [0, 0.1) is 5.92 Å². The molecule has 0 spiro atoms. The van der Waals surface area contributed by atoms with E-state index in [-0.39, 0.29) is 17.4 Å². The highest BCUT2D eigenvalue weighted by molar-refractivity contribution is 7.89. The predicted octanol–water partition coefficient (Wildman–Crippen LogP) is 1.10. The molecule has 0 amide bonds. The van der Waals surface area contributed by atoms with E-state index in [4.69, 9.17) is 5.11 Å². The van der Waals surface area contributed by atoms with Gasteiger partial charge in [0.15, 0.2) is 0 Å². The maximum absolute atomic E-state index is 12.0. The Morgan fingerprint density at radius 1 is 1.44 bits per heavy atom. The highest BCUT2D eigenvalue weighted by Crippen LogP contribution is 2.12. The first kappa shape index (κ1) is 15.2. The summed E-state index contributed by atoms with van der Waals surface area (Å²) in [6.45, 7) is 2.53. The Hall–Kier alpha value is -0.850. The molecule has 1 unspecified atom stereocenters. The maximum Gasteiger partial charge on any atom is 0.242 e. The number of hydrogen-bond acceptors (Lipinski definition) is 3. The molecule has 6 heteroatoms. The highest BCUT2D eigenvalue weighted by atomic mass is 32.2. The van der Waals surface area contributed by atoms with Crippen LogP contribution in [0.5, 0.6) is 0 Å². The number of hydrogen-bond donors (Lipinski definition) is 2. The lowest BCUT2D eigenvalue weighted by atomic mass is 10.0. The van der Waals surface area contributed by atoms with Crippen LogP contribution >= 0.6 is 0 Å². The van der Waals surface area contributed by atoms with E-state index >= 15 is 0 Å². The molecule has 0 saturated heterocycles. The second kappa shape index (κ2) is 6.92. The average molecular weight is 274 g/mol. The van der Waals surface area contributed by atoms with Crippen LogP contribution in [0.25, 0.3) is 0 Å². The number of rotatable bonds is 8. The van der Waals surface area contributed by atoms with Gasteiger partial charge in [0.25, 0.3) is 0 Å². The lowest BCUT2D eigenvalue weighted by molar-refractivity contribution is 0.251. The fourth-order valence-corrected chi connectivity index (χ4v) is 3.05. The highest BCUT2D eigenvalue weighted by Gasteiger charge is 2.17. The molecule has 104 valence electrons. The van der Waals surface area contributed by atoms with Crippen LogP contribution in [0.1, 0.15) is 26.2 Å². The fraction of sp³-hybridized carbons (Fsp3) is 0.667. The summed E-state index contributed by atoms with van der Waals surface area (Å²) in [4.78, 5) is 0.282. The van der Waals surface area contributed by atoms with Crippen LogP contribution in [0.2, 0.25) is 0 Å². The van der Waals surface area contributed by atoms with Crippen molar-refractivity contribution in [2.24, 2.45) is 13.0 Å². The summed E-state index contributed by atoms with van der Waals surface area (Å²) in [5, 5.41) is 8.93. The number of aliphatic hydroxyl groups excluding tert-OH is 1. The molecule has 5 nitrogen and oxygen atoms in total. The van der Waals surface area contributed by atoms with Gasteiger partial charge >= 0.3 is 0 Å². The van der Waals surface area contributed by atoms with Gasteiger partial charge in [-0.05, 0) is 24.8 Å². The molecule has 0 aliphatic carbocycles. The molecule has 2 N–H and O–H groups in total. The molecule has 0 bridgehead atoms. The van der Waals surface area contributed by atoms with Crippen LogP contribution in [0.15, 0.2) is 23.4 Å². The maximum atomic E-state index is 12.0. The molecule has 0 aliphatic heterocycles. The second-order valence-corrected chi connectivity index (χ2v) is 6.30. The Morgan fingerprint density at radius 2 is 2.17 bits per heavy atom. The van der Waals surface area contributed by atoms with Crippen molar-refractivity contribution < 1.29 is 13.5 Å². The Bertz CT molecular complexity index is 448. The summed E-state index contributed by atoms with van der Waals surface area (Å²) < 4.78 is 28.2. The van der Waals surface area contributed by atoms with Gasteiger partial charge in [-0.3, -0.25) is 0 Å². The van der Waals surface area contributed by atoms with Crippen LogP contribution in [0.3, 0.4) is 0 Å². The predicted molar refractivity (Wildman–Crippen MR) is 70.7 cm³/mol. The molecule has 1 atom stereocenters. The first-order chi connectivity index (χ1) is 8.49. The largest absolute Gasteiger partial charge is 0.396 e. The third-order valence-electron chi connectivity index (χ3n) is 2.91. The molecular weight excluding hydrogens is 252 g/mol. The van der Waals surface area contributed by atoms with E-state index in [0.717, 1.165) is 12.8 Å². The van der Waals surface area contributed by atoms with Crippen LogP contribution in [-0.4, -0.2) is 31.2 Å². The summed E-state index contributed by atoms with van der Waals surface area (Å²) in [5.74, 6) is 0.193. The standard InChI is InChI=1S/C12H22N2O3S/c1-3-4-11(6-8-15)9-13-18(16,17)12-5-7-14(2)10-12/h5,7,10-11,13,15H,3-4,6,8-9H2,1-2H3. The zero-order valence-corrected chi connectivity index (χ0v) is 11.8. The first-order valence-corrected chi connectivity index (χ1v) is 7.70. The van der Waals surface area contributed by atoms with E-state index in [2.05, 4.69) is 11.6 Å². The first-order valence-electron chi connectivity index (χ1n) is 6.22. The third kappa shape index (κ3) is 4.44. The average Bonchev–Trinajstić information content (AvgIpc) is 2.74. The molecule has 0 radical (unpaired) electrons. The number of aromatic nitrogens is 1. The van der Waals surface area contributed by atoms with Crippen LogP contribution in [-0.2, 0) is 17.1 Å². The van der Waals surface area contributed by atoms with E-state index in [1.165, 1.54) is 0 Å². The van der Waals surface area contributed by atoms with Crippen LogP contribution < -0.4 is 4.72 Å². The quantitative estimate of drug-likeness (QED) is 0.746.